The van der Waals surface area contributed by atoms with Crippen molar-refractivity contribution >= 4 is 37.3 Å². The maximum atomic E-state index is 14.0. The Kier molecular flexibility index (Phi) is 8.69. The van der Waals surface area contributed by atoms with Gasteiger partial charge in [-0.3, -0.25) is 9.48 Å². The molecule has 1 atom stereocenters. The number of aromatic nitrogens is 4. The molecule has 2 aromatic carbocycles. The van der Waals surface area contributed by atoms with Gasteiger partial charge in [-0.1, -0.05) is 18.2 Å². The van der Waals surface area contributed by atoms with Crippen LogP contribution in [0.2, 0.25) is 0 Å². The number of fused-ring (bicyclic) bond motifs is 1. The quantitative estimate of drug-likeness (QED) is 0.170. The summed E-state index contributed by atoms with van der Waals surface area (Å²) in [4.78, 5) is 31.3. The number of aliphatic hydroxyl groups excluding tert-OH is 1. The molecule has 3 heterocycles. The molecule has 0 spiro atoms. The fourth-order valence-corrected chi connectivity index (χ4v) is 4.86. The zero-order chi connectivity index (χ0) is 30.7. The van der Waals surface area contributed by atoms with Crippen LogP contribution in [-0.2, 0) is 35.0 Å². The minimum absolute atomic E-state index is 0.0159. The van der Waals surface area contributed by atoms with Crippen LogP contribution in [0.4, 0.5) is 36.3 Å². The number of aliphatic hydroxyl groups is 1. The van der Waals surface area contributed by atoms with E-state index in [4.69, 9.17) is 10.00 Å². The second kappa shape index (κ2) is 12.4. The van der Waals surface area contributed by atoms with Crippen molar-refractivity contribution in [2.24, 2.45) is 0 Å². The van der Waals surface area contributed by atoms with Crippen LogP contribution in [-0.4, -0.2) is 54.2 Å². The minimum Gasteiger partial charge on any atom is -0.396 e. The Morgan fingerprint density at radius 2 is 1.88 bits per heavy atom. The van der Waals surface area contributed by atoms with Crippen molar-refractivity contribution in [3.8, 4) is 11.1 Å². The Hall–Kier alpha value is -4.43. The fourth-order valence-electron chi connectivity index (χ4n) is 4.60. The van der Waals surface area contributed by atoms with Crippen molar-refractivity contribution in [2.45, 2.75) is 32.3 Å². The third-order valence-electron chi connectivity index (χ3n) is 6.66. The first-order valence-corrected chi connectivity index (χ1v) is 14.1. The molecule has 0 radical (unpaired) electrons. The molecule has 0 saturated carbocycles. The molecule has 0 fully saturated rings. The summed E-state index contributed by atoms with van der Waals surface area (Å²) in [5.41, 5.74) is 2.40. The van der Waals surface area contributed by atoms with Gasteiger partial charge < -0.3 is 20.6 Å². The summed E-state index contributed by atoms with van der Waals surface area (Å²) in [7, 11) is -1.14. The smallest absolute Gasteiger partial charge is 0.396 e. The van der Waals surface area contributed by atoms with Gasteiger partial charge in [-0.05, 0) is 41.3 Å². The molecule has 43 heavy (non-hydrogen) atoms. The molecule has 0 saturated heterocycles. The monoisotopic (exact) mass is 616 g/mol. The molecule has 1 amide bonds. The zero-order valence-corrected chi connectivity index (χ0v) is 23.6. The van der Waals surface area contributed by atoms with E-state index >= 15 is 0 Å². The lowest BCUT2D eigenvalue weighted by Gasteiger charge is -2.17. The lowest BCUT2D eigenvalue weighted by Crippen LogP contribution is -2.18. The van der Waals surface area contributed by atoms with Crippen LogP contribution in [0.5, 0.6) is 0 Å². The van der Waals surface area contributed by atoms with Crippen LogP contribution in [0.15, 0.2) is 55.0 Å². The second-order valence-corrected chi connectivity index (χ2v) is 10.4. The summed E-state index contributed by atoms with van der Waals surface area (Å²) in [6, 6.07) is 9.63. The van der Waals surface area contributed by atoms with Crippen molar-refractivity contribution in [1.29, 1.82) is 0 Å². The van der Waals surface area contributed by atoms with E-state index in [9.17, 15) is 22.5 Å². The van der Waals surface area contributed by atoms with Gasteiger partial charge in [-0.2, -0.15) is 23.3 Å². The van der Waals surface area contributed by atoms with Crippen molar-refractivity contribution in [2.75, 3.05) is 24.3 Å². The molecule has 16 heteroatoms. The maximum absolute atomic E-state index is 14.0. The molecule has 1 aliphatic rings. The van der Waals surface area contributed by atoms with Crippen molar-refractivity contribution in [3.63, 3.8) is 0 Å². The lowest BCUT2D eigenvalue weighted by atomic mass is 9.97. The molecule has 5 rings (SSSR count). The van der Waals surface area contributed by atoms with E-state index in [0.29, 0.717) is 41.5 Å². The number of carbonyl (C=O) groups is 1. The number of anilines is 4. The lowest BCUT2D eigenvalue weighted by molar-refractivity contribution is -0.137. The number of carbonyl (C=O) groups excluding carboxylic acids is 1. The standard InChI is InChI=1S/C27H25F3N7O5P/c1-36-14-20-19(17-11-32-37(13-17)9-2-10-38)7-8-22(23(20)25(36)39)34-24-21(27(28,29)30)12-31-26(35-24)33-18-5-3-16(4-6-18)15-42-43(40)41/h3-8,11-13,38H,2,9-10,14-15H2,1H3,(H2-,31,33,34,35,39,40,41)/p+1. The van der Waals surface area contributed by atoms with Gasteiger partial charge in [0.15, 0.2) is 0 Å². The van der Waals surface area contributed by atoms with Gasteiger partial charge in [-0.25, -0.2) is 4.98 Å². The normalized spacial score (nSPS) is 13.3. The van der Waals surface area contributed by atoms with E-state index in [1.54, 1.807) is 54.5 Å². The summed E-state index contributed by atoms with van der Waals surface area (Å²) >= 11 is 0. The first-order valence-electron chi connectivity index (χ1n) is 12.9. The third-order valence-corrected chi connectivity index (χ3v) is 7.01. The number of halogens is 3. The molecule has 224 valence electrons. The second-order valence-electron chi connectivity index (χ2n) is 9.66. The van der Waals surface area contributed by atoms with Gasteiger partial charge in [0.05, 0.1) is 17.4 Å². The number of amides is 1. The van der Waals surface area contributed by atoms with Crippen LogP contribution in [0.3, 0.4) is 0 Å². The topological polar surface area (TPSA) is 155 Å². The Morgan fingerprint density at radius 1 is 1.12 bits per heavy atom. The van der Waals surface area contributed by atoms with Crippen molar-refractivity contribution < 1.29 is 37.1 Å². The van der Waals surface area contributed by atoms with Crippen LogP contribution >= 0.6 is 8.25 Å². The number of hydrogen-bond acceptors (Lipinski definition) is 9. The van der Waals surface area contributed by atoms with E-state index in [1.165, 1.54) is 11.0 Å². The summed E-state index contributed by atoms with van der Waals surface area (Å²) in [6.07, 6.45) is -0.182. The molecule has 0 aliphatic carbocycles. The predicted octanol–water partition coefficient (Wildman–Crippen LogP) is 4.98. The average molecular weight is 617 g/mol. The SMILES string of the molecule is CN1Cc2c(-c3cnn(CCCO)c3)ccc(Nc3nc(Nc4ccc(CO[P+](=O)O)cc4)ncc3C(F)(F)F)c2C1=O. The number of benzene rings is 2. The largest absolute Gasteiger partial charge is 0.695 e. The fraction of sp³-hybridized carbons (Fsp3) is 0.259. The molecule has 4 aromatic rings. The Labute approximate surface area is 244 Å². The molecular formula is C27H26F3N7O5P+. The van der Waals surface area contributed by atoms with Gasteiger partial charge in [0, 0.05) is 55.0 Å². The number of nitrogens with one attached hydrogen (secondary N) is 2. The summed E-state index contributed by atoms with van der Waals surface area (Å²) in [5, 5.41) is 19.0. The predicted molar refractivity (Wildman–Crippen MR) is 150 cm³/mol. The minimum atomic E-state index is -4.79. The molecular weight excluding hydrogens is 590 g/mol. The molecule has 4 N–H and O–H groups in total. The first-order chi connectivity index (χ1) is 20.5. The first kappa shape index (κ1) is 30.0. The highest BCUT2D eigenvalue weighted by Crippen LogP contribution is 2.40. The van der Waals surface area contributed by atoms with Gasteiger partial charge in [0.1, 0.15) is 18.0 Å². The Bertz CT molecular complexity index is 1660. The van der Waals surface area contributed by atoms with E-state index < -0.39 is 25.8 Å². The van der Waals surface area contributed by atoms with Crippen LogP contribution in [0, 0.1) is 0 Å². The molecule has 0 bridgehead atoms. The summed E-state index contributed by atoms with van der Waals surface area (Å²) in [6.45, 7) is 0.674. The number of hydrogen-bond donors (Lipinski definition) is 4. The van der Waals surface area contributed by atoms with Crippen molar-refractivity contribution in [3.05, 3.63) is 77.2 Å². The highest BCUT2D eigenvalue weighted by Gasteiger charge is 2.37. The highest BCUT2D eigenvalue weighted by atomic mass is 31.1. The number of rotatable bonds is 11. The van der Waals surface area contributed by atoms with E-state index in [2.05, 4.69) is 30.2 Å². The van der Waals surface area contributed by atoms with Gasteiger partial charge >= 0.3 is 14.4 Å². The number of aryl methyl sites for hydroxylation is 1. The van der Waals surface area contributed by atoms with E-state index in [1.807, 2.05) is 0 Å². The number of nitrogens with zero attached hydrogens (tertiary/aromatic N) is 5. The van der Waals surface area contributed by atoms with E-state index in [-0.39, 0.29) is 42.9 Å². The number of alkyl halides is 3. The Balaban J connectivity index is 1.46. The summed E-state index contributed by atoms with van der Waals surface area (Å²) in [5.74, 6) is -1.04. The highest BCUT2D eigenvalue weighted by molar-refractivity contribution is 7.32. The molecule has 12 nitrogen and oxygen atoms in total. The van der Waals surface area contributed by atoms with Crippen LogP contribution in [0.1, 0.15) is 33.5 Å². The summed E-state index contributed by atoms with van der Waals surface area (Å²) < 4.78 is 59.0. The van der Waals surface area contributed by atoms with E-state index in [0.717, 1.165) is 5.56 Å². The van der Waals surface area contributed by atoms with Crippen molar-refractivity contribution in [1.82, 2.24) is 24.6 Å². The zero-order valence-electron chi connectivity index (χ0n) is 22.7. The molecule has 1 aliphatic heterocycles. The Morgan fingerprint density at radius 3 is 2.58 bits per heavy atom. The third kappa shape index (κ3) is 6.81. The van der Waals surface area contributed by atoms with Crippen LogP contribution in [0.25, 0.3) is 11.1 Å². The van der Waals surface area contributed by atoms with Gasteiger partial charge in [-0.15, -0.1) is 9.42 Å². The maximum Gasteiger partial charge on any atom is 0.695 e. The average Bonchev–Trinajstić information content (AvgIpc) is 3.55. The van der Waals surface area contributed by atoms with Crippen LogP contribution < -0.4 is 10.6 Å². The van der Waals surface area contributed by atoms with Gasteiger partial charge in [0.25, 0.3) is 5.91 Å². The molecule has 2 aromatic heterocycles. The molecule has 1 unspecified atom stereocenters. The van der Waals surface area contributed by atoms with Gasteiger partial charge in [0.2, 0.25) is 5.95 Å².